The molecule has 0 spiro atoms. The maximum Gasteiger partial charge on any atom is 0.00444 e. The molecule has 96 valence electrons. The van der Waals surface area contributed by atoms with Gasteiger partial charge in [-0.2, -0.15) is 0 Å². The van der Waals surface area contributed by atoms with E-state index in [4.69, 9.17) is 5.73 Å². The maximum atomic E-state index is 6.17. The lowest BCUT2D eigenvalue weighted by atomic mass is 9.95. The molecule has 2 rings (SSSR count). The van der Waals surface area contributed by atoms with E-state index in [0.29, 0.717) is 12.0 Å². The molecule has 2 aromatic rings. The molecule has 0 aliphatic rings. The van der Waals surface area contributed by atoms with E-state index in [9.17, 15) is 0 Å². The van der Waals surface area contributed by atoms with Gasteiger partial charge in [0.25, 0.3) is 0 Å². The number of benzene rings is 2. The Morgan fingerprint density at radius 3 is 2.50 bits per heavy atom. The van der Waals surface area contributed by atoms with Gasteiger partial charge in [-0.1, -0.05) is 56.3 Å². The molecule has 0 aliphatic heterocycles. The minimum atomic E-state index is 0.323. The molecule has 18 heavy (non-hydrogen) atoms. The van der Waals surface area contributed by atoms with Crippen LogP contribution in [0.5, 0.6) is 0 Å². The van der Waals surface area contributed by atoms with Crippen molar-refractivity contribution in [2.45, 2.75) is 39.2 Å². The fourth-order valence-corrected chi connectivity index (χ4v) is 2.57. The fraction of sp³-hybridized carbons (Fsp3) is 0.412. The van der Waals surface area contributed by atoms with Crippen LogP contribution in [0.4, 0.5) is 0 Å². The van der Waals surface area contributed by atoms with Gasteiger partial charge < -0.3 is 5.73 Å². The molecule has 0 radical (unpaired) electrons. The van der Waals surface area contributed by atoms with E-state index in [1.54, 1.807) is 0 Å². The lowest BCUT2D eigenvalue weighted by molar-refractivity contribution is 0.474. The lowest BCUT2D eigenvalue weighted by Crippen LogP contribution is -2.22. The van der Waals surface area contributed by atoms with E-state index in [1.165, 1.54) is 16.3 Å². The summed E-state index contributed by atoms with van der Waals surface area (Å²) in [5, 5.41) is 2.70. The summed E-state index contributed by atoms with van der Waals surface area (Å²) in [4.78, 5) is 0. The molecule has 0 saturated heterocycles. The number of hydrogen-bond donors (Lipinski definition) is 1. The number of fused-ring (bicyclic) bond motifs is 1. The van der Waals surface area contributed by atoms with E-state index >= 15 is 0 Å². The van der Waals surface area contributed by atoms with E-state index in [0.717, 1.165) is 19.3 Å². The van der Waals surface area contributed by atoms with Crippen LogP contribution in [-0.4, -0.2) is 6.04 Å². The third-order valence-electron chi connectivity index (χ3n) is 3.44. The highest BCUT2D eigenvalue weighted by molar-refractivity contribution is 5.85. The first kappa shape index (κ1) is 13.1. The molecule has 0 aliphatic carbocycles. The van der Waals surface area contributed by atoms with Crippen LogP contribution < -0.4 is 5.73 Å². The van der Waals surface area contributed by atoms with Crippen LogP contribution >= 0.6 is 0 Å². The Kier molecular flexibility index (Phi) is 4.38. The SMILES string of the molecule is CC(C)CC(N)CCc1cccc2ccccc12. The van der Waals surface area contributed by atoms with Crippen molar-refractivity contribution in [3.05, 3.63) is 48.0 Å². The zero-order valence-electron chi connectivity index (χ0n) is 11.4. The third-order valence-corrected chi connectivity index (χ3v) is 3.44. The summed E-state index contributed by atoms with van der Waals surface area (Å²) in [6.45, 7) is 4.47. The van der Waals surface area contributed by atoms with Crippen LogP contribution in [0.15, 0.2) is 42.5 Å². The second-order valence-corrected chi connectivity index (χ2v) is 5.57. The predicted octanol–water partition coefficient (Wildman–Crippen LogP) is 4.15. The zero-order valence-corrected chi connectivity index (χ0v) is 11.4. The lowest BCUT2D eigenvalue weighted by Gasteiger charge is -2.14. The van der Waals surface area contributed by atoms with Gasteiger partial charge in [-0.05, 0) is 41.5 Å². The van der Waals surface area contributed by atoms with E-state index in [2.05, 4.69) is 56.3 Å². The van der Waals surface area contributed by atoms with Crippen molar-refractivity contribution in [3.63, 3.8) is 0 Å². The molecule has 0 fully saturated rings. The first-order chi connectivity index (χ1) is 8.66. The summed E-state index contributed by atoms with van der Waals surface area (Å²) in [6.07, 6.45) is 3.27. The number of rotatable bonds is 5. The Bertz CT molecular complexity index is 496. The van der Waals surface area contributed by atoms with Crippen molar-refractivity contribution >= 4 is 10.8 Å². The molecule has 0 heterocycles. The normalized spacial score (nSPS) is 13.1. The van der Waals surface area contributed by atoms with Crippen LogP contribution in [0.3, 0.4) is 0 Å². The fourth-order valence-electron chi connectivity index (χ4n) is 2.57. The number of hydrogen-bond acceptors (Lipinski definition) is 1. The zero-order chi connectivity index (χ0) is 13.0. The minimum absolute atomic E-state index is 0.323. The molecule has 0 saturated carbocycles. The van der Waals surface area contributed by atoms with Crippen molar-refractivity contribution in [3.8, 4) is 0 Å². The van der Waals surface area contributed by atoms with Gasteiger partial charge in [0.1, 0.15) is 0 Å². The second-order valence-electron chi connectivity index (χ2n) is 5.57. The summed E-state index contributed by atoms with van der Waals surface area (Å²) in [5.74, 6) is 0.688. The summed E-state index contributed by atoms with van der Waals surface area (Å²) in [6, 6.07) is 15.5. The third kappa shape index (κ3) is 3.33. The van der Waals surface area contributed by atoms with Crippen LogP contribution in [0.1, 0.15) is 32.3 Å². The van der Waals surface area contributed by atoms with E-state index in [-0.39, 0.29) is 0 Å². The molecule has 1 heteroatoms. The molecular formula is C17H23N. The summed E-state index contributed by atoms with van der Waals surface area (Å²) >= 11 is 0. The largest absolute Gasteiger partial charge is 0.328 e. The predicted molar refractivity (Wildman–Crippen MR) is 79.7 cm³/mol. The average Bonchev–Trinajstić information content (AvgIpc) is 2.35. The van der Waals surface area contributed by atoms with Gasteiger partial charge in [0.15, 0.2) is 0 Å². The second kappa shape index (κ2) is 6.01. The van der Waals surface area contributed by atoms with Crippen molar-refractivity contribution in [2.24, 2.45) is 11.7 Å². The van der Waals surface area contributed by atoms with Gasteiger partial charge in [-0.3, -0.25) is 0 Å². The maximum absolute atomic E-state index is 6.17. The summed E-state index contributed by atoms with van der Waals surface area (Å²) in [5.41, 5.74) is 7.59. The molecule has 0 bridgehead atoms. The number of aryl methyl sites for hydroxylation is 1. The standard InChI is InChI=1S/C17H23N/c1-13(2)12-16(18)11-10-15-8-5-7-14-6-3-4-9-17(14)15/h3-9,13,16H,10-12,18H2,1-2H3. The Morgan fingerprint density at radius 1 is 1.00 bits per heavy atom. The Hall–Kier alpha value is -1.34. The van der Waals surface area contributed by atoms with Crippen LogP contribution in [0.2, 0.25) is 0 Å². The van der Waals surface area contributed by atoms with Crippen LogP contribution in [-0.2, 0) is 6.42 Å². The summed E-state index contributed by atoms with van der Waals surface area (Å²) in [7, 11) is 0. The van der Waals surface area contributed by atoms with Gasteiger partial charge in [-0.15, -0.1) is 0 Å². The van der Waals surface area contributed by atoms with Gasteiger partial charge in [0.2, 0.25) is 0 Å². The minimum Gasteiger partial charge on any atom is -0.328 e. The quantitative estimate of drug-likeness (QED) is 0.836. The molecule has 1 atom stereocenters. The van der Waals surface area contributed by atoms with Gasteiger partial charge in [0, 0.05) is 6.04 Å². The van der Waals surface area contributed by atoms with Crippen LogP contribution in [0, 0.1) is 5.92 Å². The molecule has 0 aromatic heterocycles. The number of nitrogens with two attached hydrogens (primary N) is 1. The Labute approximate surface area is 110 Å². The van der Waals surface area contributed by atoms with Crippen molar-refractivity contribution in [2.75, 3.05) is 0 Å². The van der Waals surface area contributed by atoms with Gasteiger partial charge >= 0.3 is 0 Å². The van der Waals surface area contributed by atoms with Crippen LogP contribution in [0.25, 0.3) is 10.8 Å². The smallest absolute Gasteiger partial charge is 0.00444 e. The van der Waals surface area contributed by atoms with Gasteiger partial charge in [-0.25, -0.2) is 0 Å². The van der Waals surface area contributed by atoms with E-state index in [1.807, 2.05) is 0 Å². The highest BCUT2D eigenvalue weighted by Gasteiger charge is 2.07. The first-order valence-electron chi connectivity index (χ1n) is 6.89. The highest BCUT2D eigenvalue weighted by atomic mass is 14.6. The van der Waals surface area contributed by atoms with Gasteiger partial charge in [0.05, 0.1) is 0 Å². The highest BCUT2D eigenvalue weighted by Crippen LogP contribution is 2.20. The monoisotopic (exact) mass is 241 g/mol. The molecular weight excluding hydrogens is 218 g/mol. The molecule has 2 aromatic carbocycles. The molecule has 2 N–H and O–H groups in total. The van der Waals surface area contributed by atoms with Crippen molar-refractivity contribution in [1.29, 1.82) is 0 Å². The van der Waals surface area contributed by atoms with Crippen molar-refractivity contribution < 1.29 is 0 Å². The molecule has 1 unspecified atom stereocenters. The Balaban J connectivity index is 2.08. The summed E-state index contributed by atoms with van der Waals surface area (Å²) < 4.78 is 0. The van der Waals surface area contributed by atoms with Crippen molar-refractivity contribution in [1.82, 2.24) is 0 Å². The Morgan fingerprint density at radius 2 is 1.72 bits per heavy atom. The molecule has 1 nitrogen and oxygen atoms in total. The topological polar surface area (TPSA) is 26.0 Å². The molecule has 0 amide bonds. The first-order valence-corrected chi connectivity index (χ1v) is 6.89. The van der Waals surface area contributed by atoms with E-state index < -0.39 is 0 Å². The average molecular weight is 241 g/mol.